The molecular weight excluding hydrogens is 376 g/mol. The van der Waals surface area contributed by atoms with E-state index in [1.54, 1.807) is 24.3 Å². The first-order valence-corrected chi connectivity index (χ1v) is 10.2. The van der Waals surface area contributed by atoms with Crippen molar-refractivity contribution in [2.24, 2.45) is 0 Å². The number of benzene rings is 4. The summed E-state index contributed by atoms with van der Waals surface area (Å²) >= 11 is 0. The average molecular weight is 400 g/mol. The van der Waals surface area contributed by atoms with Crippen molar-refractivity contribution in [2.45, 2.75) is 19.4 Å². The lowest BCUT2D eigenvalue weighted by Crippen LogP contribution is -2.02. The highest BCUT2D eigenvalue weighted by Crippen LogP contribution is 2.34. The molecule has 0 aliphatic rings. The van der Waals surface area contributed by atoms with E-state index in [0.717, 1.165) is 34.9 Å². The number of rotatable bonds is 9. The van der Waals surface area contributed by atoms with Gasteiger partial charge in [-0.3, -0.25) is 0 Å². The largest absolute Gasteiger partial charge is 0.492 e. The van der Waals surface area contributed by atoms with Gasteiger partial charge in [-0.15, -0.1) is 0 Å². The number of aromatic carboxylic acids is 1. The molecule has 30 heavy (non-hydrogen) atoms. The van der Waals surface area contributed by atoms with Crippen LogP contribution in [0.1, 0.15) is 28.8 Å². The molecule has 152 valence electrons. The van der Waals surface area contributed by atoms with Gasteiger partial charge < -0.3 is 14.6 Å². The van der Waals surface area contributed by atoms with Crippen LogP contribution in [0.15, 0.2) is 78.9 Å². The molecular formula is C26H24O4. The van der Waals surface area contributed by atoms with Crippen molar-refractivity contribution < 1.29 is 19.4 Å². The van der Waals surface area contributed by atoms with Gasteiger partial charge in [-0.05, 0) is 47.4 Å². The zero-order chi connectivity index (χ0) is 20.8. The highest BCUT2D eigenvalue weighted by molar-refractivity contribution is 6.05. The summed E-state index contributed by atoms with van der Waals surface area (Å²) in [6.45, 7) is 1.75. The number of unbranched alkanes of at least 4 members (excludes halogenated alkanes) is 1. The van der Waals surface area contributed by atoms with Crippen molar-refractivity contribution >= 4 is 27.5 Å². The predicted octanol–water partition coefficient (Wildman–Crippen LogP) is 6.07. The lowest BCUT2D eigenvalue weighted by Gasteiger charge is -2.13. The van der Waals surface area contributed by atoms with E-state index in [-0.39, 0.29) is 5.56 Å². The highest BCUT2D eigenvalue weighted by atomic mass is 16.5. The van der Waals surface area contributed by atoms with Crippen molar-refractivity contribution in [3.8, 4) is 5.75 Å². The summed E-state index contributed by atoms with van der Waals surface area (Å²) in [5.74, 6) is 0.0320. The fourth-order valence-corrected chi connectivity index (χ4v) is 3.54. The van der Waals surface area contributed by atoms with E-state index in [4.69, 9.17) is 14.6 Å². The van der Waals surface area contributed by atoms with Gasteiger partial charge in [-0.2, -0.15) is 0 Å². The summed E-state index contributed by atoms with van der Waals surface area (Å²) in [7, 11) is 0. The summed E-state index contributed by atoms with van der Waals surface area (Å²) in [6.07, 6.45) is 1.80. The SMILES string of the molecule is O=C(O)c1ccc(COCCCCOc2c3ccccc3cc3ccccc23)cc1. The molecule has 1 N–H and O–H groups in total. The van der Waals surface area contributed by atoms with Gasteiger partial charge >= 0.3 is 5.97 Å². The lowest BCUT2D eigenvalue weighted by atomic mass is 10.0. The van der Waals surface area contributed by atoms with Crippen LogP contribution in [0.3, 0.4) is 0 Å². The van der Waals surface area contributed by atoms with Crippen LogP contribution in [0.2, 0.25) is 0 Å². The second kappa shape index (κ2) is 9.42. The third-order valence-corrected chi connectivity index (χ3v) is 5.12. The van der Waals surface area contributed by atoms with Crippen LogP contribution in [-0.4, -0.2) is 24.3 Å². The molecule has 4 aromatic carbocycles. The predicted molar refractivity (Wildman–Crippen MR) is 119 cm³/mol. The van der Waals surface area contributed by atoms with E-state index in [0.29, 0.717) is 19.8 Å². The standard InChI is InChI=1S/C26H24O4/c27-26(28)20-13-11-19(12-14-20)18-29-15-5-6-16-30-25-23-9-3-1-7-21(23)17-22-8-2-4-10-24(22)25/h1-4,7-14,17H,5-6,15-16,18H2,(H,27,28). The summed E-state index contributed by atoms with van der Waals surface area (Å²) in [6, 6.07) is 25.6. The van der Waals surface area contributed by atoms with Gasteiger partial charge in [0, 0.05) is 17.4 Å². The van der Waals surface area contributed by atoms with Gasteiger partial charge in [-0.1, -0.05) is 60.7 Å². The van der Waals surface area contributed by atoms with E-state index < -0.39 is 5.97 Å². The normalized spacial score (nSPS) is 11.1. The molecule has 0 aromatic heterocycles. The molecule has 0 bridgehead atoms. The maximum absolute atomic E-state index is 10.9. The van der Waals surface area contributed by atoms with E-state index in [1.165, 1.54) is 10.8 Å². The van der Waals surface area contributed by atoms with Crippen molar-refractivity contribution in [3.05, 3.63) is 90.0 Å². The van der Waals surface area contributed by atoms with Gasteiger partial charge in [0.1, 0.15) is 5.75 Å². The third-order valence-electron chi connectivity index (χ3n) is 5.12. The van der Waals surface area contributed by atoms with E-state index >= 15 is 0 Å². The van der Waals surface area contributed by atoms with E-state index in [9.17, 15) is 4.79 Å². The summed E-state index contributed by atoms with van der Waals surface area (Å²) in [5.41, 5.74) is 1.26. The van der Waals surface area contributed by atoms with Gasteiger partial charge in [0.15, 0.2) is 0 Å². The number of carboxylic acid groups (broad SMARTS) is 1. The second-order valence-electron chi connectivity index (χ2n) is 7.26. The summed E-state index contributed by atoms with van der Waals surface area (Å²) in [4.78, 5) is 10.9. The zero-order valence-corrected chi connectivity index (χ0v) is 16.7. The van der Waals surface area contributed by atoms with E-state index in [2.05, 4.69) is 30.3 Å². The van der Waals surface area contributed by atoms with Crippen molar-refractivity contribution in [2.75, 3.05) is 13.2 Å². The van der Waals surface area contributed by atoms with E-state index in [1.807, 2.05) is 24.3 Å². The quantitative estimate of drug-likeness (QED) is 0.274. The Bertz CT molecular complexity index is 1090. The smallest absolute Gasteiger partial charge is 0.335 e. The first kappa shape index (κ1) is 19.9. The average Bonchev–Trinajstić information content (AvgIpc) is 2.78. The third kappa shape index (κ3) is 4.61. The molecule has 0 saturated carbocycles. The Morgan fingerprint density at radius 3 is 2.00 bits per heavy atom. The molecule has 4 rings (SSSR count). The van der Waals surface area contributed by atoms with Crippen molar-refractivity contribution in [1.29, 1.82) is 0 Å². The van der Waals surface area contributed by atoms with Crippen LogP contribution < -0.4 is 4.74 Å². The maximum atomic E-state index is 10.9. The zero-order valence-electron chi connectivity index (χ0n) is 16.7. The number of hydrogen-bond acceptors (Lipinski definition) is 3. The molecule has 4 heteroatoms. The Kier molecular flexibility index (Phi) is 6.26. The van der Waals surface area contributed by atoms with Crippen LogP contribution in [0.5, 0.6) is 5.75 Å². The second-order valence-corrected chi connectivity index (χ2v) is 7.26. The fourth-order valence-electron chi connectivity index (χ4n) is 3.54. The van der Waals surface area contributed by atoms with Crippen LogP contribution in [0.25, 0.3) is 21.5 Å². The van der Waals surface area contributed by atoms with Gasteiger partial charge in [0.05, 0.1) is 18.8 Å². The lowest BCUT2D eigenvalue weighted by molar-refractivity contribution is 0.0696. The Morgan fingerprint density at radius 2 is 1.37 bits per heavy atom. The Labute approximate surface area is 175 Å². The number of ether oxygens (including phenoxy) is 2. The number of carboxylic acids is 1. The van der Waals surface area contributed by atoms with Crippen LogP contribution in [0.4, 0.5) is 0 Å². The first-order valence-electron chi connectivity index (χ1n) is 10.2. The molecule has 0 radical (unpaired) electrons. The molecule has 0 amide bonds. The minimum atomic E-state index is -0.915. The maximum Gasteiger partial charge on any atom is 0.335 e. The molecule has 0 saturated heterocycles. The van der Waals surface area contributed by atoms with Gasteiger partial charge in [0.25, 0.3) is 0 Å². The topological polar surface area (TPSA) is 55.8 Å². The minimum Gasteiger partial charge on any atom is -0.492 e. The van der Waals surface area contributed by atoms with Crippen LogP contribution in [0, 0.1) is 0 Å². The molecule has 0 aliphatic heterocycles. The highest BCUT2D eigenvalue weighted by Gasteiger charge is 2.08. The first-order chi connectivity index (χ1) is 14.7. The molecule has 0 spiro atoms. The van der Waals surface area contributed by atoms with Crippen molar-refractivity contribution in [3.63, 3.8) is 0 Å². The summed E-state index contributed by atoms with van der Waals surface area (Å²) < 4.78 is 11.9. The number of carbonyl (C=O) groups is 1. The fraction of sp³-hybridized carbons (Fsp3) is 0.192. The molecule has 0 unspecified atom stereocenters. The van der Waals surface area contributed by atoms with Crippen molar-refractivity contribution in [1.82, 2.24) is 0 Å². The monoisotopic (exact) mass is 400 g/mol. The van der Waals surface area contributed by atoms with Gasteiger partial charge in [0.2, 0.25) is 0 Å². The molecule has 0 atom stereocenters. The van der Waals surface area contributed by atoms with Gasteiger partial charge in [-0.25, -0.2) is 4.79 Å². The molecule has 0 heterocycles. The molecule has 4 nitrogen and oxygen atoms in total. The van der Waals surface area contributed by atoms with Crippen LogP contribution in [-0.2, 0) is 11.3 Å². The Morgan fingerprint density at radius 1 is 0.767 bits per heavy atom. The Balaban J connectivity index is 1.28. The molecule has 0 fully saturated rings. The molecule has 4 aromatic rings. The molecule has 0 aliphatic carbocycles. The Hall–Kier alpha value is -3.37. The van der Waals surface area contributed by atoms with Crippen LogP contribution >= 0.6 is 0 Å². The summed E-state index contributed by atoms with van der Waals surface area (Å²) in [5, 5.41) is 13.6. The minimum absolute atomic E-state index is 0.289. The number of fused-ring (bicyclic) bond motifs is 2. The number of hydrogen-bond donors (Lipinski definition) is 1.